The number of nitrogens with zero attached hydrogens (tertiary/aromatic N) is 2. The summed E-state index contributed by atoms with van der Waals surface area (Å²) in [5.41, 5.74) is 5.08. The maximum atomic E-state index is 13.7. The van der Waals surface area contributed by atoms with Crippen molar-refractivity contribution < 1.29 is 17.6 Å². The largest absolute Gasteiger partial charge is 0.207 e. The minimum absolute atomic E-state index is 0.355. The van der Waals surface area contributed by atoms with Gasteiger partial charge in [-0.3, -0.25) is 0 Å². The Kier molecular flexibility index (Phi) is 4.60. The molecular weight excluding hydrogens is 416 g/mol. The van der Waals surface area contributed by atoms with Gasteiger partial charge in [0.1, 0.15) is 23.3 Å². The molecular formula is C26H12F4N2. The van der Waals surface area contributed by atoms with Crippen LogP contribution in [0.2, 0.25) is 0 Å². The fourth-order valence-electron chi connectivity index (χ4n) is 4.07. The van der Waals surface area contributed by atoms with Crippen LogP contribution < -0.4 is 0 Å². The first-order valence-corrected chi connectivity index (χ1v) is 9.62. The zero-order valence-corrected chi connectivity index (χ0v) is 16.3. The van der Waals surface area contributed by atoms with Crippen LogP contribution in [0.4, 0.5) is 17.6 Å². The summed E-state index contributed by atoms with van der Waals surface area (Å²) in [6.45, 7) is 0. The van der Waals surface area contributed by atoms with Crippen LogP contribution in [0.3, 0.4) is 0 Å². The Morgan fingerprint density at radius 1 is 0.500 bits per heavy atom. The standard InChI is InChI=1S/C26H12F4N2/c27-18-5-16(6-19(28)11-18)14-1-3-22-23-4-2-15(17-7-20(29)12-21(30)8-17)10-25(23)26(32-13-31)24(22)9-14/h1-12H. The SMILES string of the molecule is N#CN=C1c2cc(-c3cc(F)cc(F)c3)ccc2-c2ccc(-c3cc(F)cc(F)c3)cc21. The van der Waals surface area contributed by atoms with Crippen molar-refractivity contribution in [2.24, 2.45) is 4.99 Å². The fraction of sp³-hybridized carbons (Fsp3) is 0. The van der Waals surface area contributed by atoms with E-state index in [9.17, 15) is 22.8 Å². The van der Waals surface area contributed by atoms with E-state index >= 15 is 0 Å². The molecule has 0 atom stereocenters. The summed E-state index contributed by atoms with van der Waals surface area (Å²) in [5, 5.41) is 9.26. The van der Waals surface area contributed by atoms with Crippen molar-refractivity contribution in [3.63, 3.8) is 0 Å². The molecule has 0 bridgehead atoms. The molecule has 6 heteroatoms. The number of hydrogen-bond donors (Lipinski definition) is 0. The zero-order chi connectivity index (χ0) is 22.4. The van der Waals surface area contributed by atoms with E-state index in [-0.39, 0.29) is 0 Å². The third-order valence-electron chi connectivity index (χ3n) is 5.39. The molecule has 0 N–H and O–H groups in total. The Morgan fingerprint density at radius 2 is 0.906 bits per heavy atom. The lowest BCUT2D eigenvalue weighted by Gasteiger charge is -2.07. The Balaban J connectivity index is 1.66. The first-order chi connectivity index (χ1) is 15.4. The average molecular weight is 428 g/mol. The second-order valence-electron chi connectivity index (χ2n) is 7.40. The molecule has 0 radical (unpaired) electrons. The van der Waals surface area contributed by atoms with E-state index in [1.807, 2.05) is 0 Å². The van der Waals surface area contributed by atoms with Crippen molar-refractivity contribution in [3.05, 3.63) is 107 Å². The smallest absolute Gasteiger partial charge is 0.206 e. The van der Waals surface area contributed by atoms with Crippen molar-refractivity contribution in [1.82, 2.24) is 0 Å². The summed E-state index contributed by atoms with van der Waals surface area (Å²) >= 11 is 0. The predicted molar refractivity (Wildman–Crippen MR) is 114 cm³/mol. The quantitative estimate of drug-likeness (QED) is 0.223. The number of nitriles is 1. The van der Waals surface area contributed by atoms with Crippen LogP contribution >= 0.6 is 0 Å². The molecule has 0 spiro atoms. The highest BCUT2D eigenvalue weighted by Gasteiger charge is 2.26. The number of fused-ring (bicyclic) bond motifs is 3. The maximum Gasteiger partial charge on any atom is 0.206 e. The summed E-state index contributed by atoms with van der Waals surface area (Å²) in [7, 11) is 0. The van der Waals surface area contributed by atoms with Gasteiger partial charge in [0, 0.05) is 23.3 Å². The molecule has 0 fully saturated rings. The molecule has 0 saturated heterocycles. The molecule has 4 aromatic rings. The lowest BCUT2D eigenvalue weighted by atomic mass is 9.98. The van der Waals surface area contributed by atoms with Gasteiger partial charge in [-0.05, 0) is 69.8 Å². The van der Waals surface area contributed by atoms with Gasteiger partial charge < -0.3 is 0 Å². The van der Waals surface area contributed by atoms with E-state index in [4.69, 9.17) is 0 Å². The Morgan fingerprint density at radius 3 is 1.28 bits per heavy atom. The lowest BCUT2D eigenvalue weighted by molar-refractivity contribution is 0.583. The number of aliphatic imine (C=N–C) groups is 1. The molecule has 4 aromatic carbocycles. The van der Waals surface area contributed by atoms with Gasteiger partial charge in [-0.2, -0.15) is 10.3 Å². The number of halogens is 4. The van der Waals surface area contributed by atoms with Crippen LogP contribution in [-0.4, -0.2) is 5.71 Å². The van der Waals surface area contributed by atoms with Crippen molar-refractivity contribution in [1.29, 1.82) is 5.26 Å². The van der Waals surface area contributed by atoms with E-state index in [0.29, 0.717) is 39.1 Å². The highest BCUT2D eigenvalue weighted by Crippen LogP contribution is 2.41. The molecule has 2 nitrogen and oxygen atoms in total. The van der Waals surface area contributed by atoms with Gasteiger partial charge in [0.25, 0.3) is 0 Å². The van der Waals surface area contributed by atoms with Crippen molar-refractivity contribution in [2.75, 3.05) is 0 Å². The first-order valence-electron chi connectivity index (χ1n) is 9.62. The molecule has 0 aromatic heterocycles. The molecule has 32 heavy (non-hydrogen) atoms. The van der Waals surface area contributed by atoms with Crippen molar-refractivity contribution in [2.45, 2.75) is 0 Å². The van der Waals surface area contributed by atoms with Gasteiger partial charge in [-0.1, -0.05) is 24.3 Å². The highest BCUT2D eigenvalue weighted by atomic mass is 19.1. The number of rotatable bonds is 2. The van der Waals surface area contributed by atoms with Gasteiger partial charge in [-0.15, -0.1) is 0 Å². The van der Waals surface area contributed by atoms with Crippen LogP contribution in [0.1, 0.15) is 11.1 Å². The topological polar surface area (TPSA) is 36.1 Å². The highest BCUT2D eigenvalue weighted by molar-refractivity contribution is 6.25. The van der Waals surface area contributed by atoms with E-state index < -0.39 is 23.3 Å². The van der Waals surface area contributed by atoms with Crippen molar-refractivity contribution >= 4 is 5.71 Å². The second-order valence-corrected chi connectivity index (χ2v) is 7.40. The zero-order valence-electron chi connectivity index (χ0n) is 16.3. The Labute approximate surface area is 180 Å². The number of benzene rings is 4. The average Bonchev–Trinajstić information content (AvgIpc) is 3.05. The van der Waals surface area contributed by atoms with Crippen LogP contribution in [0, 0.1) is 34.7 Å². The molecule has 0 unspecified atom stereocenters. The van der Waals surface area contributed by atoms with Crippen LogP contribution in [0.15, 0.2) is 77.8 Å². The third-order valence-corrected chi connectivity index (χ3v) is 5.39. The van der Waals surface area contributed by atoms with E-state index in [2.05, 4.69) is 4.99 Å². The fourth-order valence-corrected chi connectivity index (χ4v) is 4.07. The molecule has 0 heterocycles. The molecule has 1 aliphatic carbocycles. The van der Waals surface area contributed by atoms with Crippen LogP contribution in [0.5, 0.6) is 0 Å². The summed E-state index contributed by atoms with van der Waals surface area (Å²) in [6.07, 6.45) is 1.79. The van der Waals surface area contributed by atoms with Gasteiger partial charge in [0.15, 0.2) is 0 Å². The van der Waals surface area contributed by atoms with Gasteiger partial charge in [-0.25, -0.2) is 17.6 Å². The van der Waals surface area contributed by atoms with Crippen LogP contribution in [-0.2, 0) is 0 Å². The molecule has 0 amide bonds. The Bertz CT molecular complexity index is 1340. The maximum absolute atomic E-state index is 13.7. The summed E-state index contributed by atoms with van der Waals surface area (Å²) in [5.74, 6) is -2.77. The molecule has 5 rings (SSSR count). The third kappa shape index (κ3) is 3.34. The van der Waals surface area contributed by atoms with E-state index in [1.165, 1.54) is 24.3 Å². The van der Waals surface area contributed by atoms with Gasteiger partial charge >= 0.3 is 0 Å². The Hall–Kier alpha value is -4.24. The van der Waals surface area contributed by atoms with E-state index in [0.717, 1.165) is 23.3 Å². The normalized spacial score (nSPS) is 11.7. The minimum atomic E-state index is -0.693. The summed E-state index contributed by atoms with van der Waals surface area (Å²) in [6, 6.07) is 17.0. The molecule has 0 aliphatic heterocycles. The van der Waals surface area contributed by atoms with Crippen molar-refractivity contribution in [3.8, 4) is 39.6 Å². The van der Waals surface area contributed by atoms with Crippen LogP contribution in [0.25, 0.3) is 33.4 Å². The predicted octanol–water partition coefficient (Wildman–Crippen LogP) is 6.88. The lowest BCUT2D eigenvalue weighted by Crippen LogP contribution is -1.98. The minimum Gasteiger partial charge on any atom is -0.207 e. The van der Waals surface area contributed by atoms with Gasteiger partial charge in [0.05, 0.1) is 5.71 Å². The van der Waals surface area contributed by atoms with E-state index in [1.54, 1.807) is 42.6 Å². The van der Waals surface area contributed by atoms with Gasteiger partial charge in [0.2, 0.25) is 6.19 Å². The second kappa shape index (κ2) is 7.47. The summed E-state index contributed by atoms with van der Waals surface area (Å²) < 4.78 is 54.8. The monoisotopic (exact) mass is 428 g/mol. The summed E-state index contributed by atoms with van der Waals surface area (Å²) in [4.78, 5) is 3.97. The molecule has 0 saturated carbocycles. The molecule has 154 valence electrons. The molecule has 1 aliphatic rings. The first kappa shape index (κ1) is 19.7. The number of hydrogen-bond acceptors (Lipinski definition) is 2.